The van der Waals surface area contributed by atoms with E-state index in [0.29, 0.717) is 32.1 Å². The quantitative estimate of drug-likeness (QED) is 0.0169. The highest BCUT2D eigenvalue weighted by atomic mass is 31.2. The van der Waals surface area contributed by atoms with E-state index in [1.165, 1.54) is 32.1 Å². The van der Waals surface area contributed by atoms with E-state index in [-0.39, 0.29) is 25.7 Å². The van der Waals surface area contributed by atoms with Crippen molar-refractivity contribution >= 4 is 39.5 Å². The summed E-state index contributed by atoms with van der Waals surface area (Å²) >= 11 is 0. The Labute approximate surface area is 617 Å². The Morgan fingerprint density at radius 1 is 0.284 bits per heavy atom. The van der Waals surface area contributed by atoms with Crippen LogP contribution in [0.25, 0.3) is 0 Å². The number of phosphoric ester groups is 2. The fourth-order valence-corrected chi connectivity index (χ4v) is 11.4. The van der Waals surface area contributed by atoms with Crippen LogP contribution in [-0.2, 0) is 65.4 Å². The highest BCUT2D eigenvalue weighted by Crippen LogP contribution is 2.45. The third kappa shape index (κ3) is 73.3. The zero-order valence-electron chi connectivity index (χ0n) is 63.5. The Balaban J connectivity index is 5.40. The van der Waals surface area contributed by atoms with E-state index >= 15 is 0 Å². The molecule has 0 fully saturated rings. The zero-order valence-corrected chi connectivity index (χ0v) is 65.3. The van der Waals surface area contributed by atoms with Gasteiger partial charge in [-0.3, -0.25) is 37.3 Å². The molecule has 0 radical (unpaired) electrons. The molecule has 0 aliphatic rings. The van der Waals surface area contributed by atoms with Crippen molar-refractivity contribution < 1.29 is 80.2 Å². The van der Waals surface area contributed by atoms with Crippen LogP contribution < -0.4 is 0 Å². The molecular formula is C83H138O17P2. The van der Waals surface area contributed by atoms with Gasteiger partial charge >= 0.3 is 39.5 Å². The summed E-state index contributed by atoms with van der Waals surface area (Å²) < 4.78 is 68.4. The molecule has 0 aliphatic heterocycles. The molecule has 0 bridgehead atoms. The van der Waals surface area contributed by atoms with Crippen LogP contribution in [0.1, 0.15) is 297 Å². The number of hydrogen-bond donors (Lipinski definition) is 3. The van der Waals surface area contributed by atoms with Crippen molar-refractivity contribution in [1.82, 2.24) is 0 Å². The van der Waals surface area contributed by atoms with E-state index in [2.05, 4.69) is 161 Å². The molecule has 0 spiro atoms. The lowest BCUT2D eigenvalue weighted by Gasteiger charge is -2.21. The number of esters is 4. The second kappa shape index (κ2) is 74.2. The fraction of sp³-hybridized carbons (Fsp3) is 0.663. The number of hydrogen-bond acceptors (Lipinski definition) is 15. The monoisotopic (exact) mass is 1470 g/mol. The van der Waals surface area contributed by atoms with Crippen molar-refractivity contribution in [3.63, 3.8) is 0 Å². The van der Waals surface area contributed by atoms with Crippen molar-refractivity contribution in [3.05, 3.63) is 146 Å². The van der Waals surface area contributed by atoms with Crippen LogP contribution in [0.5, 0.6) is 0 Å². The van der Waals surface area contributed by atoms with Gasteiger partial charge in [0.05, 0.1) is 26.4 Å². The molecule has 5 atom stereocenters. The Hall–Kier alpha value is -5.06. The molecule has 0 aromatic heterocycles. The van der Waals surface area contributed by atoms with Crippen LogP contribution in [0.2, 0.25) is 0 Å². The summed E-state index contributed by atoms with van der Waals surface area (Å²) in [6.45, 7) is 4.47. The standard InChI is InChI=1S/C83H138O17P2/c1-5-9-13-17-21-25-29-32-35-37-38-40-43-45-49-52-56-60-64-68-81(86)94-74-79(100-83(88)70-66-62-58-54-50-46-41-34-31-27-23-19-15-11-7-3)76-98-102(91,92)96-72-77(84)71-95-101(89,90)97-75-78(99-82(87)69-65-61-57-53-47-28-24-20-16-12-8-4)73-93-80(85)67-63-59-55-51-48-44-42-39-36-33-30-26-22-18-14-10-6-2/h9-10,13-14,20-27,32-36,38,40-42,44,51,55,77-79,84H,5-8,11-12,15-19,28-31,37,39,43,45-50,52-54,56-76H2,1-4H3,(H,89,90)(H,91,92)/b13-9-,14-10-,24-20-,25-21-,26-22-,27-23-,35-32-,36-33-,40-38-,41-34-,44-42-,55-51-. The minimum absolute atomic E-state index is 0.0681. The van der Waals surface area contributed by atoms with Gasteiger partial charge in [0.15, 0.2) is 12.2 Å². The van der Waals surface area contributed by atoms with E-state index in [1.807, 2.05) is 12.2 Å². The Morgan fingerprint density at radius 3 is 0.863 bits per heavy atom. The number of aliphatic hydroxyl groups is 1. The van der Waals surface area contributed by atoms with Gasteiger partial charge in [-0.2, -0.15) is 0 Å². The normalized spacial score (nSPS) is 14.7. The summed E-state index contributed by atoms with van der Waals surface area (Å²) in [5.41, 5.74) is 0. The summed E-state index contributed by atoms with van der Waals surface area (Å²) in [6.07, 6.45) is 84.1. The maximum absolute atomic E-state index is 13.1. The van der Waals surface area contributed by atoms with Crippen molar-refractivity contribution in [2.45, 2.75) is 316 Å². The lowest BCUT2D eigenvalue weighted by atomic mass is 10.1. The van der Waals surface area contributed by atoms with E-state index in [0.717, 1.165) is 180 Å². The van der Waals surface area contributed by atoms with Crippen molar-refractivity contribution in [2.75, 3.05) is 39.6 Å². The van der Waals surface area contributed by atoms with Gasteiger partial charge in [-0.1, -0.05) is 263 Å². The van der Waals surface area contributed by atoms with Crippen LogP contribution in [0.15, 0.2) is 146 Å². The molecule has 582 valence electrons. The smallest absolute Gasteiger partial charge is 0.462 e. The van der Waals surface area contributed by atoms with Gasteiger partial charge in [0, 0.05) is 25.7 Å². The predicted molar refractivity (Wildman–Crippen MR) is 417 cm³/mol. The average Bonchev–Trinajstić information content (AvgIpc) is 0.926. The second-order valence-electron chi connectivity index (χ2n) is 25.5. The highest BCUT2D eigenvalue weighted by molar-refractivity contribution is 7.47. The first kappa shape index (κ1) is 96.9. The fourth-order valence-electron chi connectivity index (χ4n) is 9.85. The maximum atomic E-state index is 13.1. The minimum Gasteiger partial charge on any atom is -0.462 e. The number of allylic oxidation sites excluding steroid dienone is 24. The Kier molecular flexibility index (Phi) is 70.5. The zero-order chi connectivity index (χ0) is 74.6. The summed E-state index contributed by atoms with van der Waals surface area (Å²) in [5.74, 6) is -2.29. The molecule has 0 aromatic carbocycles. The van der Waals surface area contributed by atoms with E-state index in [9.17, 15) is 43.2 Å². The van der Waals surface area contributed by atoms with Gasteiger partial charge in [0.25, 0.3) is 0 Å². The molecule has 0 saturated carbocycles. The predicted octanol–water partition coefficient (Wildman–Crippen LogP) is 22.7. The third-order valence-electron chi connectivity index (χ3n) is 15.8. The molecule has 0 heterocycles. The number of carbonyl (C=O) groups is 4. The number of ether oxygens (including phenoxy) is 4. The molecule has 0 aliphatic carbocycles. The molecule has 102 heavy (non-hydrogen) atoms. The molecule has 3 N–H and O–H groups in total. The first-order valence-corrected chi connectivity index (χ1v) is 42.1. The van der Waals surface area contributed by atoms with E-state index in [1.54, 1.807) is 0 Å². The molecule has 19 heteroatoms. The molecule has 17 nitrogen and oxygen atoms in total. The number of carbonyl (C=O) groups excluding carboxylic acids is 4. The maximum Gasteiger partial charge on any atom is 0.472 e. The summed E-state index contributed by atoms with van der Waals surface area (Å²) in [4.78, 5) is 72.9. The molecular weight excluding hydrogens is 1330 g/mol. The van der Waals surface area contributed by atoms with Gasteiger partial charge < -0.3 is 33.8 Å². The summed E-state index contributed by atoms with van der Waals surface area (Å²) in [7, 11) is -9.98. The van der Waals surface area contributed by atoms with Crippen LogP contribution in [0, 0.1) is 0 Å². The Bertz CT molecular complexity index is 2510. The Morgan fingerprint density at radius 2 is 0.529 bits per heavy atom. The average molecular weight is 1470 g/mol. The lowest BCUT2D eigenvalue weighted by Crippen LogP contribution is -2.30. The van der Waals surface area contributed by atoms with E-state index < -0.39 is 97.5 Å². The molecule has 0 amide bonds. The molecule has 5 unspecified atom stereocenters. The van der Waals surface area contributed by atoms with Crippen molar-refractivity contribution in [2.24, 2.45) is 0 Å². The number of rotatable bonds is 72. The van der Waals surface area contributed by atoms with Gasteiger partial charge in [-0.05, 0) is 154 Å². The first-order valence-electron chi connectivity index (χ1n) is 39.1. The largest absolute Gasteiger partial charge is 0.472 e. The minimum atomic E-state index is -4.99. The number of aliphatic hydroxyl groups excluding tert-OH is 1. The lowest BCUT2D eigenvalue weighted by molar-refractivity contribution is -0.161. The molecule has 0 rings (SSSR count). The SMILES string of the molecule is CC/C=C\C/C=C\C/C=C\C/C=C\C/C=C\CCCC(=O)OCC(COP(=O)(O)OCC(O)COP(=O)(O)OCC(COC(=O)CCCCCCCC/C=C\C/C=C\C/C=C\C/C=C\CC)OC(=O)CCCCCCC/C=C\C/C=C\CCCCC)OC(=O)CCCCCCC/C=C\CCCC. The molecule has 0 saturated heterocycles. The van der Waals surface area contributed by atoms with Crippen LogP contribution in [0.4, 0.5) is 0 Å². The van der Waals surface area contributed by atoms with Crippen LogP contribution in [0.3, 0.4) is 0 Å². The van der Waals surface area contributed by atoms with E-state index in [4.69, 9.17) is 37.0 Å². The van der Waals surface area contributed by atoms with Crippen LogP contribution >= 0.6 is 15.6 Å². The topological polar surface area (TPSA) is 237 Å². The van der Waals surface area contributed by atoms with Gasteiger partial charge in [0.1, 0.15) is 19.3 Å². The summed E-state index contributed by atoms with van der Waals surface area (Å²) in [5, 5.41) is 10.6. The third-order valence-corrected chi connectivity index (χ3v) is 17.7. The van der Waals surface area contributed by atoms with Crippen molar-refractivity contribution in [1.29, 1.82) is 0 Å². The molecule has 0 aromatic rings. The van der Waals surface area contributed by atoms with Gasteiger partial charge in [-0.25, -0.2) is 9.13 Å². The number of unbranched alkanes of at least 4 members (excludes halogenated alkanes) is 22. The summed E-state index contributed by atoms with van der Waals surface area (Å²) in [6, 6.07) is 0. The van der Waals surface area contributed by atoms with Crippen molar-refractivity contribution in [3.8, 4) is 0 Å². The van der Waals surface area contributed by atoms with Gasteiger partial charge in [0.2, 0.25) is 0 Å². The first-order chi connectivity index (χ1) is 49.7. The van der Waals surface area contributed by atoms with Gasteiger partial charge in [-0.15, -0.1) is 0 Å². The highest BCUT2D eigenvalue weighted by Gasteiger charge is 2.30. The number of phosphoric acid groups is 2. The van der Waals surface area contributed by atoms with Crippen LogP contribution in [-0.4, -0.2) is 96.7 Å². The second-order valence-corrected chi connectivity index (χ2v) is 28.4.